The van der Waals surface area contributed by atoms with Gasteiger partial charge in [-0.2, -0.15) is 5.10 Å². The molecule has 0 saturated carbocycles. The molecule has 1 amide bonds. The summed E-state index contributed by atoms with van der Waals surface area (Å²) < 4.78 is 0. The molecule has 0 spiro atoms. The zero-order valence-electron chi connectivity index (χ0n) is 9.03. The first kappa shape index (κ1) is 10.7. The van der Waals surface area contributed by atoms with Gasteiger partial charge in [-0.05, 0) is 0 Å². The van der Waals surface area contributed by atoms with Crippen LogP contribution >= 0.6 is 0 Å². The summed E-state index contributed by atoms with van der Waals surface area (Å²) in [7, 11) is 1.76. The SMILES string of the molecule is CN(Cc1ncn[nH]1)C(=O)C(C)(C)C. The van der Waals surface area contributed by atoms with Crippen LogP contribution in [0.2, 0.25) is 0 Å². The predicted octanol–water partition coefficient (Wildman–Crippen LogP) is 0.809. The van der Waals surface area contributed by atoms with E-state index in [9.17, 15) is 4.79 Å². The van der Waals surface area contributed by atoms with E-state index in [2.05, 4.69) is 15.2 Å². The van der Waals surface area contributed by atoms with Gasteiger partial charge in [0.2, 0.25) is 5.91 Å². The Balaban J connectivity index is 2.59. The number of hydrogen-bond acceptors (Lipinski definition) is 3. The van der Waals surface area contributed by atoms with Crippen molar-refractivity contribution in [3.63, 3.8) is 0 Å². The minimum Gasteiger partial charge on any atom is -0.338 e. The summed E-state index contributed by atoms with van der Waals surface area (Å²) in [5, 5.41) is 6.44. The van der Waals surface area contributed by atoms with Crippen molar-refractivity contribution >= 4 is 5.91 Å². The molecule has 0 radical (unpaired) electrons. The van der Waals surface area contributed by atoms with Crippen LogP contribution in [0, 0.1) is 5.41 Å². The molecule has 0 unspecified atom stereocenters. The second kappa shape index (κ2) is 3.77. The van der Waals surface area contributed by atoms with Gasteiger partial charge in [0, 0.05) is 12.5 Å². The van der Waals surface area contributed by atoms with Crippen molar-refractivity contribution in [2.75, 3.05) is 7.05 Å². The molecule has 0 aliphatic heterocycles. The molecule has 0 saturated heterocycles. The topological polar surface area (TPSA) is 61.9 Å². The minimum atomic E-state index is -0.352. The Labute approximate surface area is 83.5 Å². The summed E-state index contributed by atoms with van der Waals surface area (Å²) in [5.74, 6) is 0.791. The Hall–Kier alpha value is -1.39. The standard InChI is InChI=1S/C9H16N4O/c1-9(2,3)8(14)13(4)5-7-10-6-11-12-7/h6H,5H2,1-4H3,(H,10,11,12). The average Bonchev–Trinajstić information content (AvgIpc) is 2.53. The Morgan fingerprint density at radius 1 is 1.57 bits per heavy atom. The molecule has 1 aromatic rings. The van der Waals surface area contributed by atoms with Crippen LogP contribution in [0.1, 0.15) is 26.6 Å². The average molecular weight is 196 g/mol. The van der Waals surface area contributed by atoms with Gasteiger partial charge in [0.1, 0.15) is 12.2 Å². The first-order chi connectivity index (χ1) is 6.41. The molecule has 0 aromatic carbocycles. The summed E-state index contributed by atoms with van der Waals surface area (Å²) >= 11 is 0. The first-order valence-electron chi connectivity index (χ1n) is 4.51. The van der Waals surface area contributed by atoms with Crippen LogP contribution in [0.15, 0.2) is 6.33 Å². The number of carbonyl (C=O) groups excluding carboxylic acids is 1. The molecule has 0 bridgehead atoms. The highest BCUT2D eigenvalue weighted by Gasteiger charge is 2.25. The van der Waals surface area contributed by atoms with E-state index < -0.39 is 0 Å². The second-order valence-electron chi connectivity index (χ2n) is 4.34. The van der Waals surface area contributed by atoms with Crippen molar-refractivity contribution in [1.29, 1.82) is 0 Å². The van der Waals surface area contributed by atoms with Gasteiger partial charge in [-0.15, -0.1) is 0 Å². The monoisotopic (exact) mass is 196 g/mol. The predicted molar refractivity (Wildman–Crippen MR) is 52.3 cm³/mol. The highest BCUT2D eigenvalue weighted by molar-refractivity contribution is 5.81. The molecule has 5 heteroatoms. The number of amides is 1. The third-order valence-corrected chi connectivity index (χ3v) is 1.84. The van der Waals surface area contributed by atoms with E-state index in [0.717, 1.165) is 0 Å². The molecule has 5 nitrogen and oxygen atoms in total. The van der Waals surface area contributed by atoms with E-state index in [4.69, 9.17) is 0 Å². The highest BCUT2D eigenvalue weighted by atomic mass is 16.2. The molecule has 0 fully saturated rings. The molecular formula is C9H16N4O. The summed E-state index contributed by atoms with van der Waals surface area (Å²) in [6.45, 7) is 6.15. The van der Waals surface area contributed by atoms with Crippen molar-refractivity contribution in [3.05, 3.63) is 12.2 Å². The van der Waals surface area contributed by atoms with Crippen LogP contribution in [0.4, 0.5) is 0 Å². The molecule has 1 rings (SSSR count). The van der Waals surface area contributed by atoms with Crippen LogP contribution in [0.5, 0.6) is 0 Å². The Kier molecular flexibility index (Phi) is 2.88. The van der Waals surface area contributed by atoms with E-state index in [0.29, 0.717) is 12.4 Å². The lowest BCUT2D eigenvalue weighted by Gasteiger charge is -2.24. The van der Waals surface area contributed by atoms with E-state index in [1.54, 1.807) is 11.9 Å². The lowest BCUT2D eigenvalue weighted by Crippen LogP contribution is -2.36. The van der Waals surface area contributed by atoms with Crippen molar-refractivity contribution in [3.8, 4) is 0 Å². The van der Waals surface area contributed by atoms with Gasteiger partial charge in [-0.1, -0.05) is 20.8 Å². The number of nitrogens with one attached hydrogen (secondary N) is 1. The largest absolute Gasteiger partial charge is 0.338 e. The maximum Gasteiger partial charge on any atom is 0.228 e. The van der Waals surface area contributed by atoms with Crippen LogP contribution < -0.4 is 0 Å². The normalized spacial score (nSPS) is 11.4. The number of rotatable bonds is 2. The molecule has 0 atom stereocenters. The maximum atomic E-state index is 11.8. The molecule has 14 heavy (non-hydrogen) atoms. The van der Waals surface area contributed by atoms with Crippen molar-refractivity contribution in [2.24, 2.45) is 5.41 Å². The van der Waals surface area contributed by atoms with Gasteiger partial charge >= 0.3 is 0 Å². The molecule has 1 N–H and O–H groups in total. The number of H-pyrrole nitrogens is 1. The fourth-order valence-corrected chi connectivity index (χ4v) is 1.18. The number of nitrogens with zero attached hydrogens (tertiary/aromatic N) is 3. The molecule has 1 heterocycles. The molecule has 0 aliphatic rings. The fourth-order valence-electron chi connectivity index (χ4n) is 1.18. The van der Waals surface area contributed by atoms with Gasteiger partial charge in [-0.3, -0.25) is 9.89 Å². The molecule has 78 valence electrons. The summed E-state index contributed by atoms with van der Waals surface area (Å²) in [6, 6.07) is 0. The highest BCUT2D eigenvalue weighted by Crippen LogP contribution is 2.16. The first-order valence-corrected chi connectivity index (χ1v) is 4.51. The zero-order chi connectivity index (χ0) is 10.8. The van der Waals surface area contributed by atoms with Crippen molar-refractivity contribution in [2.45, 2.75) is 27.3 Å². The Morgan fingerprint density at radius 3 is 2.64 bits per heavy atom. The zero-order valence-corrected chi connectivity index (χ0v) is 9.03. The molecular weight excluding hydrogens is 180 g/mol. The van der Waals surface area contributed by atoms with Gasteiger partial charge in [0.15, 0.2) is 0 Å². The van der Waals surface area contributed by atoms with E-state index in [1.165, 1.54) is 6.33 Å². The lowest BCUT2D eigenvalue weighted by atomic mass is 9.95. The second-order valence-corrected chi connectivity index (χ2v) is 4.34. The summed E-state index contributed by atoms with van der Waals surface area (Å²) in [4.78, 5) is 17.4. The van der Waals surface area contributed by atoms with Gasteiger partial charge < -0.3 is 4.90 Å². The quantitative estimate of drug-likeness (QED) is 0.761. The van der Waals surface area contributed by atoms with Crippen LogP contribution in [0.25, 0.3) is 0 Å². The fraction of sp³-hybridized carbons (Fsp3) is 0.667. The summed E-state index contributed by atoms with van der Waals surface area (Å²) in [6.07, 6.45) is 1.44. The van der Waals surface area contributed by atoms with E-state index >= 15 is 0 Å². The number of aromatic nitrogens is 3. The molecule has 0 aliphatic carbocycles. The lowest BCUT2D eigenvalue weighted by molar-refractivity contribution is -0.138. The van der Waals surface area contributed by atoms with E-state index in [-0.39, 0.29) is 11.3 Å². The van der Waals surface area contributed by atoms with Gasteiger partial charge in [0.25, 0.3) is 0 Å². The smallest absolute Gasteiger partial charge is 0.228 e. The van der Waals surface area contributed by atoms with Gasteiger partial charge in [0.05, 0.1) is 6.54 Å². The maximum absolute atomic E-state index is 11.8. The van der Waals surface area contributed by atoms with Crippen molar-refractivity contribution in [1.82, 2.24) is 20.1 Å². The number of carbonyl (C=O) groups is 1. The Bertz CT molecular complexity index is 299. The van der Waals surface area contributed by atoms with Gasteiger partial charge in [-0.25, -0.2) is 4.98 Å². The molecule has 1 aromatic heterocycles. The number of aromatic amines is 1. The Morgan fingerprint density at radius 2 is 2.21 bits per heavy atom. The summed E-state index contributed by atoms with van der Waals surface area (Å²) in [5.41, 5.74) is -0.352. The van der Waals surface area contributed by atoms with Crippen LogP contribution in [0.3, 0.4) is 0 Å². The number of hydrogen-bond donors (Lipinski definition) is 1. The van der Waals surface area contributed by atoms with Crippen molar-refractivity contribution < 1.29 is 4.79 Å². The third kappa shape index (κ3) is 2.55. The van der Waals surface area contributed by atoms with Crippen LogP contribution in [-0.2, 0) is 11.3 Å². The third-order valence-electron chi connectivity index (χ3n) is 1.84. The van der Waals surface area contributed by atoms with Crippen LogP contribution in [-0.4, -0.2) is 33.0 Å². The van der Waals surface area contributed by atoms with E-state index in [1.807, 2.05) is 20.8 Å². The minimum absolute atomic E-state index is 0.0916.